The molecule has 1 N–H and O–H groups in total. The molecule has 0 radical (unpaired) electrons. The average molecular weight is 343 g/mol. The molecule has 1 unspecified atom stereocenters. The van der Waals surface area contributed by atoms with Crippen molar-refractivity contribution in [2.45, 2.75) is 37.8 Å². The molecule has 2 heterocycles. The van der Waals surface area contributed by atoms with Crippen LogP contribution in [0, 0.1) is 0 Å². The van der Waals surface area contributed by atoms with Crippen molar-refractivity contribution in [3.63, 3.8) is 0 Å². The van der Waals surface area contributed by atoms with Gasteiger partial charge in [-0.2, -0.15) is 4.98 Å². The maximum absolute atomic E-state index is 12.6. The van der Waals surface area contributed by atoms with Crippen molar-refractivity contribution in [3.05, 3.63) is 51.3 Å². The van der Waals surface area contributed by atoms with E-state index in [-0.39, 0.29) is 23.8 Å². The van der Waals surface area contributed by atoms with Crippen LogP contribution in [0.25, 0.3) is 0 Å². The first kappa shape index (κ1) is 16.8. The van der Waals surface area contributed by atoms with Crippen LogP contribution in [0.3, 0.4) is 0 Å². The van der Waals surface area contributed by atoms with Crippen molar-refractivity contribution >= 4 is 23.5 Å². The fourth-order valence-corrected chi connectivity index (χ4v) is 3.75. The summed E-state index contributed by atoms with van der Waals surface area (Å²) < 4.78 is 1.81. The molecule has 3 rings (SSSR count). The van der Waals surface area contributed by atoms with Gasteiger partial charge >= 0.3 is 0 Å². The highest BCUT2D eigenvalue weighted by Crippen LogP contribution is 2.35. The third-order valence-corrected chi connectivity index (χ3v) is 5.28. The lowest BCUT2D eigenvalue weighted by Crippen LogP contribution is -2.33. The van der Waals surface area contributed by atoms with Gasteiger partial charge in [0, 0.05) is 19.4 Å². The van der Waals surface area contributed by atoms with Crippen molar-refractivity contribution in [2.75, 3.05) is 11.1 Å². The molecule has 2 aromatic rings. The molecule has 126 valence electrons. The number of benzene rings is 1. The Labute approximate surface area is 145 Å². The molecular weight excluding hydrogens is 322 g/mol. The zero-order valence-electron chi connectivity index (χ0n) is 14.1. The standard InChI is InChI=1S/C18H21N3O2S/c1-4-11-6-8-12(9-7-11)13-10-14(22)19-16-15(13)17(23)20-18(21(16)3)24-5-2/h6-9,13H,4-5,10H2,1-3H3,(H,19,22). The second-order valence-electron chi connectivity index (χ2n) is 5.85. The summed E-state index contributed by atoms with van der Waals surface area (Å²) in [6, 6.07) is 8.14. The summed E-state index contributed by atoms with van der Waals surface area (Å²) in [7, 11) is 1.84. The minimum absolute atomic E-state index is 0.0688. The van der Waals surface area contributed by atoms with Gasteiger partial charge in [0.2, 0.25) is 5.91 Å². The first-order valence-corrected chi connectivity index (χ1v) is 9.16. The Morgan fingerprint density at radius 1 is 1.25 bits per heavy atom. The zero-order chi connectivity index (χ0) is 17.3. The number of hydrogen-bond acceptors (Lipinski definition) is 4. The van der Waals surface area contributed by atoms with Gasteiger partial charge in [-0.25, -0.2) is 0 Å². The number of hydrogen-bond donors (Lipinski definition) is 1. The fourth-order valence-electron chi connectivity index (χ4n) is 3.06. The highest BCUT2D eigenvalue weighted by atomic mass is 32.2. The largest absolute Gasteiger partial charge is 0.312 e. The normalized spacial score (nSPS) is 16.6. The lowest BCUT2D eigenvalue weighted by Gasteiger charge is -2.27. The maximum atomic E-state index is 12.6. The number of anilines is 1. The monoisotopic (exact) mass is 343 g/mol. The molecule has 24 heavy (non-hydrogen) atoms. The number of rotatable bonds is 4. The number of nitrogens with one attached hydrogen (secondary N) is 1. The molecule has 0 fully saturated rings. The van der Waals surface area contributed by atoms with Crippen LogP contribution in [0.5, 0.6) is 0 Å². The molecule has 1 aliphatic rings. The van der Waals surface area contributed by atoms with Crippen molar-refractivity contribution in [1.29, 1.82) is 0 Å². The zero-order valence-corrected chi connectivity index (χ0v) is 14.9. The topological polar surface area (TPSA) is 64.0 Å². The smallest absolute Gasteiger partial charge is 0.279 e. The number of nitrogens with zero attached hydrogens (tertiary/aromatic N) is 2. The molecule has 5 nitrogen and oxygen atoms in total. The van der Waals surface area contributed by atoms with Crippen LogP contribution >= 0.6 is 11.8 Å². The van der Waals surface area contributed by atoms with Gasteiger partial charge in [0.15, 0.2) is 5.16 Å². The predicted molar refractivity (Wildman–Crippen MR) is 96.8 cm³/mol. The Morgan fingerprint density at radius 2 is 1.96 bits per heavy atom. The van der Waals surface area contributed by atoms with Crippen molar-refractivity contribution in [2.24, 2.45) is 7.05 Å². The molecule has 1 aromatic carbocycles. The summed E-state index contributed by atoms with van der Waals surface area (Å²) in [6.45, 7) is 4.11. The van der Waals surface area contributed by atoms with Gasteiger partial charge in [0.1, 0.15) is 5.82 Å². The van der Waals surface area contributed by atoms with E-state index in [4.69, 9.17) is 0 Å². The van der Waals surface area contributed by atoms with Crippen molar-refractivity contribution in [1.82, 2.24) is 9.55 Å². The average Bonchev–Trinajstić information content (AvgIpc) is 2.59. The highest BCUT2D eigenvalue weighted by Gasteiger charge is 2.31. The minimum atomic E-state index is -0.247. The molecule has 0 saturated heterocycles. The Balaban J connectivity index is 2.13. The first-order chi connectivity index (χ1) is 11.5. The van der Waals surface area contributed by atoms with E-state index in [0.717, 1.165) is 17.7 Å². The number of aryl methyl sites for hydroxylation is 1. The molecule has 1 aromatic heterocycles. The number of thioether (sulfide) groups is 1. The second-order valence-corrected chi connectivity index (χ2v) is 7.09. The molecule has 0 bridgehead atoms. The fraction of sp³-hybridized carbons (Fsp3) is 0.389. The Kier molecular flexibility index (Phi) is 4.76. The summed E-state index contributed by atoms with van der Waals surface area (Å²) in [6.07, 6.45) is 1.23. The van der Waals surface area contributed by atoms with Crippen LogP contribution in [0.4, 0.5) is 5.82 Å². The van der Waals surface area contributed by atoms with Crippen molar-refractivity contribution < 1.29 is 4.79 Å². The van der Waals surface area contributed by atoms with Crippen LogP contribution in [0.15, 0.2) is 34.2 Å². The maximum Gasteiger partial charge on any atom is 0.279 e. The van der Waals surface area contributed by atoms with Gasteiger partial charge in [-0.3, -0.25) is 9.59 Å². The lowest BCUT2D eigenvalue weighted by atomic mass is 9.86. The van der Waals surface area contributed by atoms with Crippen molar-refractivity contribution in [3.8, 4) is 0 Å². The Bertz CT molecular complexity index is 827. The summed E-state index contributed by atoms with van der Waals surface area (Å²) in [5.41, 5.74) is 2.56. The Morgan fingerprint density at radius 3 is 2.58 bits per heavy atom. The molecular formula is C18H21N3O2S. The lowest BCUT2D eigenvalue weighted by molar-refractivity contribution is -0.116. The van der Waals surface area contributed by atoms with Crippen LogP contribution in [0.1, 0.15) is 42.9 Å². The van der Waals surface area contributed by atoms with Gasteiger partial charge < -0.3 is 9.88 Å². The molecule has 0 spiro atoms. The summed E-state index contributed by atoms with van der Waals surface area (Å²) in [5.74, 6) is 1.08. The molecule has 0 saturated carbocycles. The van der Waals surface area contributed by atoms with Crippen LogP contribution < -0.4 is 10.9 Å². The molecule has 1 aliphatic heterocycles. The predicted octanol–water partition coefficient (Wildman–Crippen LogP) is 2.93. The molecule has 0 aliphatic carbocycles. The summed E-state index contributed by atoms with van der Waals surface area (Å²) in [5, 5.41) is 3.49. The van der Waals surface area contributed by atoms with Gasteiger partial charge in [0.25, 0.3) is 5.56 Å². The Hall–Kier alpha value is -2.08. The first-order valence-electron chi connectivity index (χ1n) is 8.17. The molecule has 6 heteroatoms. The van der Waals surface area contributed by atoms with E-state index in [1.807, 2.05) is 30.7 Å². The molecule has 1 atom stereocenters. The second kappa shape index (κ2) is 6.81. The number of amides is 1. The SMILES string of the molecule is CCSc1nc(=O)c2c(n1C)NC(=O)CC2c1ccc(CC)cc1. The van der Waals surface area contributed by atoms with E-state index in [2.05, 4.69) is 29.4 Å². The van der Waals surface area contributed by atoms with E-state index >= 15 is 0 Å². The van der Waals surface area contributed by atoms with E-state index in [1.54, 1.807) is 0 Å². The van der Waals surface area contributed by atoms with Gasteiger partial charge in [0.05, 0.1) is 5.56 Å². The number of carbonyl (C=O) groups excluding carboxylic acids is 1. The van der Waals surface area contributed by atoms with Crippen LogP contribution in [-0.4, -0.2) is 21.2 Å². The minimum Gasteiger partial charge on any atom is -0.312 e. The third kappa shape index (κ3) is 2.98. The van der Waals surface area contributed by atoms with E-state index < -0.39 is 0 Å². The summed E-state index contributed by atoms with van der Waals surface area (Å²) in [4.78, 5) is 29.1. The van der Waals surface area contributed by atoms with E-state index in [9.17, 15) is 9.59 Å². The van der Waals surface area contributed by atoms with Gasteiger partial charge in [-0.1, -0.05) is 49.9 Å². The van der Waals surface area contributed by atoms with Gasteiger partial charge in [-0.15, -0.1) is 0 Å². The quantitative estimate of drug-likeness (QED) is 0.685. The summed E-state index contributed by atoms with van der Waals surface area (Å²) >= 11 is 1.49. The van der Waals surface area contributed by atoms with E-state index in [1.165, 1.54) is 17.3 Å². The number of aromatic nitrogens is 2. The van der Waals surface area contributed by atoms with E-state index in [0.29, 0.717) is 16.5 Å². The molecule has 1 amide bonds. The highest BCUT2D eigenvalue weighted by molar-refractivity contribution is 7.99. The van der Waals surface area contributed by atoms with Gasteiger partial charge in [-0.05, 0) is 23.3 Å². The number of carbonyl (C=O) groups is 1. The van der Waals surface area contributed by atoms with Crippen LogP contribution in [0.2, 0.25) is 0 Å². The third-order valence-electron chi connectivity index (χ3n) is 4.36. The number of fused-ring (bicyclic) bond motifs is 1. The van der Waals surface area contributed by atoms with Crippen LogP contribution in [-0.2, 0) is 18.3 Å².